The number of methoxy groups -OCH3 is 1. The Morgan fingerprint density at radius 2 is 2.03 bits per heavy atom. The van der Waals surface area contributed by atoms with Crippen molar-refractivity contribution in [2.45, 2.75) is 44.8 Å². The second kappa shape index (κ2) is 8.32. The van der Waals surface area contributed by atoms with Crippen molar-refractivity contribution in [3.63, 3.8) is 0 Å². The second-order valence-corrected chi connectivity index (χ2v) is 9.32. The van der Waals surface area contributed by atoms with Gasteiger partial charge in [0.25, 0.3) is 0 Å². The predicted molar refractivity (Wildman–Crippen MR) is 130 cm³/mol. The number of pyridine rings is 2. The molecule has 2 unspecified atom stereocenters. The lowest BCUT2D eigenvalue weighted by Gasteiger charge is -2.29. The minimum atomic E-state index is 0.270. The lowest BCUT2D eigenvalue weighted by Crippen LogP contribution is -2.43. The lowest BCUT2D eigenvalue weighted by molar-refractivity contribution is 0.403. The zero-order valence-corrected chi connectivity index (χ0v) is 19.6. The van der Waals surface area contributed by atoms with Gasteiger partial charge in [0.2, 0.25) is 5.88 Å². The zero-order valence-electron chi connectivity index (χ0n) is 19.6. The van der Waals surface area contributed by atoms with Gasteiger partial charge in [0.15, 0.2) is 5.52 Å². The third kappa shape index (κ3) is 3.66. The monoisotopic (exact) mass is 456 g/mol. The number of ether oxygens (including phenoxy) is 1. The first-order valence-corrected chi connectivity index (χ1v) is 11.8. The molecule has 0 aliphatic carbocycles. The van der Waals surface area contributed by atoms with Crippen molar-refractivity contribution in [2.24, 2.45) is 0 Å². The van der Waals surface area contributed by atoms with Crippen LogP contribution >= 0.6 is 0 Å². The molecule has 4 aromatic rings. The molecule has 9 heteroatoms. The molecule has 0 saturated carbocycles. The molecule has 0 amide bonds. The highest BCUT2D eigenvalue weighted by molar-refractivity contribution is 5.84. The molecule has 0 spiro atoms. The fourth-order valence-electron chi connectivity index (χ4n) is 5.04. The van der Waals surface area contributed by atoms with Crippen molar-refractivity contribution >= 4 is 16.7 Å². The van der Waals surface area contributed by atoms with E-state index in [4.69, 9.17) is 14.7 Å². The van der Waals surface area contributed by atoms with Crippen molar-refractivity contribution in [3.8, 4) is 17.3 Å². The Bertz CT molecular complexity index is 1330. The molecule has 2 saturated heterocycles. The van der Waals surface area contributed by atoms with E-state index in [9.17, 15) is 0 Å². The van der Waals surface area contributed by atoms with Gasteiger partial charge in [0.1, 0.15) is 5.82 Å². The maximum Gasteiger partial charge on any atom is 0.242 e. The molecule has 174 valence electrons. The van der Waals surface area contributed by atoms with Crippen LogP contribution in [0.1, 0.15) is 37.8 Å². The quantitative estimate of drug-likeness (QED) is 0.473. The number of aromatic nitrogens is 6. The number of hydrogen-bond donors (Lipinski definition) is 1. The number of nitrogens with one attached hydrogen (secondary N) is 1. The van der Waals surface area contributed by atoms with E-state index in [-0.39, 0.29) is 6.04 Å². The predicted octanol–water partition coefficient (Wildman–Crippen LogP) is 3.01. The van der Waals surface area contributed by atoms with Crippen LogP contribution in [0.5, 0.6) is 5.88 Å². The van der Waals surface area contributed by atoms with Gasteiger partial charge in [-0.2, -0.15) is 0 Å². The number of nitrogens with zero attached hydrogens (tertiary/aromatic N) is 7. The van der Waals surface area contributed by atoms with E-state index >= 15 is 0 Å². The smallest absolute Gasteiger partial charge is 0.242 e. The standard InChI is InChI=1S/C25H28N8O/c1-15(2)33-14-29-24-22(33)10-21(31-25(24)34-3)20-6-7-26-23(30-20)9-16-4-5-18(11-27-16)32-13-17-8-19(32)12-28-17/h4-7,10-11,14-15,17,19,28H,8-9,12-13H2,1-3H3. The molecule has 2 aliphatic heterocycles. The average molecular weight is 457 g/mol. The van der Waals surface area contributed by atoms with Gasteiger partial charge in [0.05, 0.1) is 48.6 Å². The number of hydrogen-bond acceptors (Lipinski definition) is 8. The summed E-state index contributed by atoms with van der Waals surface area (Å²) in [6, 6.07) is 9.62. The van der Waals surface area contributed by atoms with Crippen LogP contribution in [-0.4, -0.2) is 61.8 Å². The minimum Gasteiger partial charge on any atom is -0.479 e. The van der Waals surface area contributed by atoms with Crippen LogP contribution in [0.3, 0.4) is 0 Å². The van der Waals surface area contributed by atoms with E-state index in [0.29, 0.717) is 30.2 Å². The topological polar surface area (TPSA) is 93.9 Å². The van der Waals surface area contributed by atoms with Gasteiger partial charge < -0.3 is 19.5 Å². The summed E-state index contributed by atoms with van der Waals surface area (Å²) in [5.74, 6) is 1.20. The van der Waals surface area contributed by atoms with Gasteiger partial charge in [-0.3, -0.25) is 4.98 Å². The zero-order chi connectivity index (χ0) is 23.2. The third-order valence-electron chi connectivity index (χ3n) is 6.78. The number of piperazine rings is 1. The van der Waals surface area contributed by atoms with Gasteiger partial charge in [-0.05, 0) is 44.5 Å². The maximum atomic E-state index is 5.53. The highest BCUT2D eigenvalue weighted by Gasteiger charge is 2.37. The normalized spacial score (nSPS) is 19.5. The van der Waals surface area contributed by atoms with Crippen molar-refractivity contribution in [3.05, 3.63) is 54.5 Å². The highest BCUT2D eigenvalue weighted by atomic mass is 16.5. The first-order valence-electron chi connectivity index (χ1n) is 11.8. The van der Waals surface area contributed by atoms with Crippen LogP contribution in [0.4, 0.5) is 5.69 Å². The first kappa shape index (κ1) is 21.0. The van der Waals surface area contributed by atoms with E-state index in [2.05, 4.69) is 55.7 Å². The molecule has 6 heterocycles. The molecular formula is C25H28N8O. The number of imidazole rings is 1. The molecule has 2 fully saturated rings. The van der Waals surface area contributed by atoms with E-state index in [1.807, 2.05) is 24.7 Å². The summed E-state index contributed by atoms with van der Waals surface area (Å²) in [5.41, 5.74) is 5.34. The van der Waals surface area contributed by atoms with Crippen LogP contribution in [0.2, 0.25) is 0 Å². The van der Waals surface area contributed by atoms with Gasteiger partial charge >= 0.3 is 0 Å². The summed E-state index contributed by atoms with van der Waals surface area (Å²) >= 11 is 0. The minimum absolute atomic E-state index is 0.270. The van der Waals surface area contributed by atoms with Crippen LogP contribution in [-0.2, 0) is 6.42 Å². The Morgan fingerprint density at radius 1 is 1.12 bits per heavy atom. The van der Waals surface area contributed by atoms with Crippen LogP contribution in [0, 0.1) is 0 Å². The summed E-state index contributed by atoms with van der Waals surface area (Å²) in [7, 11) is 1.62. The van der Waals surface area contributed by atoms with Gasteiger partial charge in [0, 0.05) is 43.1 Å². The summed E-state index contributed by atoms with van der Waals surface area (Å²) in [6.07, 6.45) is 7.37. The highest BCUT2D eigenvalue weighted by Crippen LogP contribution is 2.30. The Labute approximate surface area is 198 Å². The Morgan fingerprint density at radius 3 is 2.74 bits per heavy atom. The number of fused-ring (bicyclic) bond motifs is 3. The summed E-state index contributed by atoms with van der Waals surface area (Å²) in [5, 5.41) is 3.55. The Hall–Kier alpha value is -3.59. The Kier molecular flexibility index (Phi) is 5.13. The van der Waals surface area contributed by atoms with E-state index in [1.54, 1.807) is 13.3 Å². The van der Waals surface area contributed by atoms with Gasteiger partial charge in [-0.25, -0.2) is 19.9 Å². The lowest BCUT2D eigenvalue weighted by atomic mass is 10.2. The molecule has 2 bridgehead atoms. The average Bonchev–Trinajstić information content (AvgIpc) is 3.60. The van der Waals surface area contributed by atoms with Crippen molar-refractivity contribution in [1.29, 1.82) is 0 Å². The molecule has 9 nitrogen and oxygen atoms in total. The van der Waals surface area contributed by atoms with Gasteiger partial charge in [-0.1, -0.05) is 0 Å². The van der Waals surface area contributed by atoms with E-state index < -0.39 is 0 Å². The molecule has 6 rings (SSSR count). The van der Waals surface area contributed by atoms with Crippen LogP contribution in [0.15, 0.2) is 43.0 Å². The first-order chi connectivity index (χ1) is 16.6. The SMILES string of the molecule is COc1nc(-c2ccnc(Cc3ccc(N4CC5CC4CN5)cn3)n2)cc2c1ncn2C(C)C. The van der Waals surface area contributed by atoms with Crippen LogP contribution < -0.4 is 15.0 Å². The van der Waals surface area contributed by atoms with E-state index in [0.717, 1.165) is 41.2 Å². The van der Waals surface area contributed by atoms with Crippen molar-refractivity contribution in [1.82, 2.24) is 34.8 Å². The molecule has 34 heavy (non-hydrogen) atoms. The molecule has 2 atom stereocenters. The van der Waals surface area contributed by atoms with Crippen molar-refractivity contribution in [2.75, 3.05) is 25.1 Å². The fraction of sp³-hybridized carbons (Fsp3) is 0.400. The fourth-order valence-corrected chi connectivity index (χ4v) is 5.04. The largest absolute Gasteiger partial charge is 0.479 e. The third-order valence-corrected chi connectivity index (χ3v) is 6.78. The molecule has 2 aliphatic rings. The maximum absolute atomic E-state index is 5.53. The summed E-state index contributed by atoms with van der Waals surface area (Å²) in [6.45, 7) is 6.38. The van der Waals surface area contributed by atoms with Crippen LogP contribution in [0.25, 0.3) is 22.4 Å². The number of rotatable bonds is 6. The summed E-state index contributed by atoms with van der Waals surface area (Å²) < 4.78 is 7.64. The molecule has 4 aromatic heterocycles. The molecule has 0 radical (unpaired) electrons. The number of anilines is 1. The molecule has 1 N–H and O–H groups in total. The second-order valence-electron chi connectivity index (χ2n) is 9.32. The Balaban J connectivity index is 1.26. The molecule has 0 aromatic carbocycles. The van der Waals surface area contributed by atoms with E-state index in [1.165, 1.54) is 12.1 Å². The summed E-state index contributed by atoms with van der Waals surface area (Å²) in [4.78, 5) is 25.6. The van der Waals surface area contributed by atoms with Gasteiger partial charge in [-0.15, -0.1) is 0 Å². The van der Waals surface area contributed by atoms with Crippen molar-refractivity contribution < 1.29 is 4.74 Å². The molecular weight excluding hydrogens is 428 g/mol.